The number of hydrogen-bond donors (Lipinski definition) is 1. The maximum absolute atomic E-state index is 14.2. The molecule has 1 aromatic heterocycles. The van der Waals surface area contributed by atoms with Crippen LogP contribution in [0.15, 0.2) is 107 Å². The van der Waals surface area contributed by atoms with Gasteiger partial charge < -0.3 is 9.73 Å². The molecule has 7 rings (SSSR count). The van der Waals surface area contributed by atoms with Gasteiger partial charge in [0.25, 0.3) is 0 Å². The third kappa shape index (κ3) is 4.27. The van der Waals surface area contributed by atoms with Crippen LogP contribution in [0.5, 0.6) is 0 Å². The first-order valence-electron chi connectivity index (χ1n) is 13.7. The fourth-order valence-electron chi connectivity index (χ4n) is 6.27. The number of fused-ring (bicyclic) bond motifs is 5. The van der Waals surface area contributed by atoms with Gasteiger partial charge in [-0.2, -0.15) is 0 Å². The summed E-state index contributed by atoms with van der Waals surface area (Å²) in [5, 5.41) is 6.54. The van der Waals surface area contributed by atoms with E-state index in [9.17, 15) is 4.79 Å². The Bertz CT molecular complexity index is 1870. The van der Waals surface area contributed by atoms with E-state index in [1.54, 1.807) is 0 Å². The van der Waals surface area contributed by atoms with Crippen LogP contribution in [0.3, 0.4) is 0 Å². The third-order valence-electron chi connectivity index (χ3n) is 8.26. The number of ketones is 1. The van der Waals surface area contributed by atoms with Gasteiger partial charge in [0.15, 0.2) is 5.78 Å². The molecule has 0 saturated heterocycles. The zero-order chi connectivity index (χ0) is 27.2. The summed E-state index contributed by atoms with van der Waals surface area (Å²) in [7, 11) is 0. The first-order chi connectivity index (χ1) is 19.6. The average Bonchev–Trinajstić information content (AvgIpc) is 3.18. The third-order valence-corrected chi connectivity index (χ3v) is 8.51. The maximum Gasteiger partial charge on any atom is 0.173 e. The number of Topliss-reactive ketones (excluding diaryl/α,β-unsaturated/α-hetero) is 1. The summed E-state index contributed by atoms with van der Waals surface area (Å²) in [6.45, 7) is 1.87. The highest BCUT2D eigenvalue weighted by Crippen LogP contribution is 2.36. The molecule has 196 valence electrons. The highest BCUT2D eigenvalue weighted by Gasteiger charge is 2.32. The normalized spacial score (nSPS) is 18.7. The molecule has 3 aliphatic rings. The molecule has 1 N–H and O–H groups in total. The highest BCUT2D eigenvalue weighted by molar-refractivity contribution is 6.30. The van der Waals surface area contributed by atoms with Gasteiger partial charge in [0.2, 0.25) is 0 Å². The molecule has 0 fully saturated rings. The lowest BCUT2D eigenvalue weighted by atomic mass is 9.75. The van der Waals surface area contributed by atoms with Crippen molar-refractivity contribution in [3.05, 3.63) is 141 Å². The van der Waals surface area contributed by atoms with Gasteiger partial charge in [-0.25, -0.2) is 0 Å². The summed E-state index contributed by atoms with van der Waals surface area (Å²) in [5.74, 6) is 1.17. The SMILES string of the molecule is Cc1oc(-c2ccc(Cl)cc2)cc1C(=O)C1C=c2c(ccc3c2=CCc2ccccc2-3)C(C2=CC=CC=CN2)C1. The molecule has 3 aromatic carbocycles. The van der Waals surface area contributed by atoms with Crippen molar-refractivity contribution in [2.24, 2.45) is 5.92 Å². The maximum atomic E-state index is 14.2. The lowest BCUT2D eigenvalue weighted by Crippen LogP contribution is -2.40. The predicted molar refractivity (Wildman–Crippen MR) is 162 cm³/mol. The minimum Gasteiger partial charge on any atom is -0.461 e. The second-order valence-corrected chi connectivity index (χ2v) is 11.1. The fourth-order valence-corrected chi connectivity index (χ4v) is 6.40. The Morgan fingerprint density at radius 2 is 1.80 bits per heavy atom. The number of rotatable bonds is 4. The summed E-state index contributed by atoms with van der Waals surface area (Å²) < 4.78 is 6.09. The van der Waals surface area contributed by atoms with Crippen molar-refractivity contribution in [2.75, 3.05) is 0 Å². The summed E-state index contributed by atoms with van der Waals surface area (Å²) in [5.41, 5.74) is 7.73. The molecule has 4 heteroatoms. The van der Waals surface area contributed by atoms with Crippen LogP contribution < -0.4 is 15.8 Å². The number of nitrogens with one attached hydrogen (secondary N) is 1. The summed E-state index contributed by atoms with van der Waals surface area (Å²) in [4.78, 5) is 14.2. The van der Waals surface area contributed by atoms with Crippen molar-refractivity contribution in [3.8, 4) is 22.5 Å². The minimum atomic E-state index is -0.289. The van der Waals surface area contributed by atoms with Crippen molar-refractivity contribution in [1.82, 2.24) is 5.32 Å². The molecule has 0 saturated carbocycles. The monoisotopic (exact) mass is 541 g/mol. The van der Waals surface area contributed by atoms with E-state index >= 15 is 0 Å². The van der Waals surface area contributed by atoms with Crippen LogP contribution in [0.1, 0.15) is 39.6 Å². The number of allylic oxidation sites excluding steroid dienone is 5. The number of furan rings is 1. The summed E-state index contributed by atoms with van der Waals surface area (Å²) in [6.07, 6.45) is 16.3. The van der Waals surface area contributed by atoms with E-state index in [2.05, 4.69) is 66.0 Å². The van der Waals surface area contributed by atoms with Gasteiger partial charge in [0.05, 0.1) is 5.56 Å². The number of aryl methyl sites for hydroxylation is 1. The lowest BCUT2D eigenvalue weighted by molar-refractivity contribution is 0.0942. The number of carbonyl (C=O) groups excluding carboxylic acids is 1. The van der Waals surface area contributed by atoms with Crippen LogP contribution in [0.4, 0.5) is 0 Å². The van der Waals surface area contributed by atoms with Gasteiger partial charge in [-0.15, -0.1) is 0 Å². The Kier molecular flexibility index (Phi) is 6.17. The Balaban J connectivity index is 1.36. The fraction of sp³-hybridized carbons (Fsp3) is 0.139. The van der Waals surface area contributed by atoms with E-state index < -0.39 is 0 Å². The van der Waals surface area contributed by atoms with E-state index in [1.165, 1.54) is 32.7 Å². The van der Waals surface area contributed by atoms with Crippen molar-refractivity contribution in [1.29, 1.82) is 0 Å². The molecule has 2 unspecified atom stereocenters. The molecule has 3 nitrogen and oxygen atoms in total. The Labute approximate surface area is 238 Å². The topological polar surface area (TPSA) is 42.2 Å². The second kappa shape index (κ2) is 10.0. The largest absolute Gasteiger partial charge is 0.461 e. The van der Waals surface area contributed by atoms with Crippen LogP contribution in [0, 0.1) is 12.8 Å². The molecule has 0 radical (unpaired) electrons. The molecule has 2 atom stereocenters. The van der Waals surface area contributed by atoms with Gasteiger partial charge in [0.1, 0.15) is 11.5 Å². The summed E-state index contributed by atoms with van der Waals surface area (Å²) >= 11 is 6.09. The molecule has 1 aliphatic heterocycles. The molecule has 0 amide bonds. The molecule has 4 aromatic rings. The average molecular weight is 542 g/mol. The van der Waals surface area contributed by atoms with Gasteiger partial charge in [-0.3, -0.25) is 4.79 Å². The molecule has 2 heterocycles. The predicted octanol–water partition coefficient (Wildman–Crippen LogP) is 7.24. The van der Waals surface area contributed by atoms with Crippen molar-refractivity contribution < 1.29 is 9.21 Å². The molecule has 2 aliphatic carbocycles. The highest BCUT2D eigenvalue weighted by atomic mass is 35.5. The van der Waals surface area contributed by atoms with E-state index in [0.29, 0.717) is 28.5 Å². The van der Waals surface area contributed by atoms with Gasteiger partial charge in [0, 0.05) is 34.3 Å². The van der Waals surface area contributed by atoms with Gasteiger partial charge in [-0.1, -0.05) is 72.3 Å². The molecular weight excluding hydrogens is 514 g/mol. The van der Waals surface area contributed by atoms with Crippen molar-refractivity contribution in [3.63, 3.8) is 0 Å². The quantitative estimate of drug-likeness (QED) is 0.277. The minimum absolute atomic E-state index is 0.0557. The standard InChI is InChI=1S/C36H28ClNO2/c1-22-31(21-35(40-22)24-10-13-26(37)14-11-24)36(39)25-19-32-29-15-12-23-7-4-5-8-27(23)28(29)16-17-30(32)33(20-25)34-9-3-2-6-18-38-34/h2-11,13-19,21,25,33,38H,12,20H2,1H3. The summed E-state index contributed by atoms with van der Waals surface area (Å²) in [6, 6.07) is 22.5. The Morgan fingerprint density at radius 1 is 0.950 bits per heavy atom. The van der Waals surface area contributed by atoms with Crippen molar-refractivity contribution >= 4 is 29.5 Å². The molecular formula is C36H28ClNO2. The Hall–Kier alpha value is -4.34. The van der Waals surface area contributed by atoms with E-state index in [4.69, 9.17) is 16.0 Å². The van der Waals surface area contributed by atoms with Crippen LogP contribution in [-0.4, -0.2) is 5.78 Å². The number of carbonyl (C=O) groups is 1. The zero-order valence-electron chi connectivity index (χ0n) is 22.2. The first kappa shape index (κ1) is 24.7. The van der Waals surface area contributed by atoms with E-state index in [0.717, 1.165) is 17.7 Å². The van der Waals surface area contributed by atoms with Crippen LogP contribution >= 0.6 is 11.6 Å². The lowest BCUT2D eigenvalue weighted by Gasteiger charge is -2.29. The Morgan fingerprint density at radius 3 is 2.67 bits per heavy atom. The van der Waals surface area contributed by atoms with Crippen molar-refractivity contribution in [2.45, 2.75) is 25.7 Å². The first-order valence-corrected chi connectivity index (χ1v) is 14.1. The molecule has 0 bridgehead atoms. The van der Waals surface area contributed by atoms with Crippen LogP contribution in [0.25, 0.3) is 34.6 Å². The van der Waals surface area contributed by atoms with Crippen LogP contribution in [0.2, 0.25) is 5.02 Å². The van der Waals surface area contributed by atoms with Gasteiger partial charge >= 0.3 is 0 Å². The van der Waals surface area contributed by atoms with E-state index in [1.807, 2.05) is 55.6 Å². The zero-order valence-corrected chi connectivity index (χ0v) is 22.9. The number of benzene rings is 3. The van der Waals surface area contributed by atoms with Crippen LogP contribution in [-0.2, 0) is 6.42 Å². The molecule has 40 heavy (non-hydrogen) atoms. The molecule has 0 spiro atoms. The van der Waals surface area contributed by atoms with E-state index in [-0.39, 0.29) is 17.6 Å². The second-order valence-electron chi connectivity index (χ2n) is 10.6. The van der Waals surface area contributed by atoms with Gasteiger partial charge in [-0.05, 0) is 94.9 Å². The smallest absolute Gasteiger partial charge is 0.173 e. The number of halogens is 1. The number of hydrogen-bond acceptors (Lipinski definition) is 3.